The first-order chi connectivity index (χ1) is 13.5. The molecule has 0 aliphatic rings. The van der Waals surface area contributed by atoms with Crippen LogP contribution in [0.1, 0.15) is 11.1 Å². The third-order valence-corrected chi connectivity index (χ3v) is 4.95. The minimum atomic E-state index is -0.529. The third-order valence-electron chi connectivity index (χ3n) is 4.01. The van der Waals surface area contributed by atoms with Gasteiger partial charge in [-0.3, -0.25) is 10.1 Å². The second kappa shape index (κ2) is 7.16. The molecular weight excluding hydrogens is 378 g/mol. The lowest BCUT2D eigenvalue weighted by Crippen LogP contribution is -2.06. The Labute approximate surface area is 163 Å². The van der Waals surface area contributed by atoms with Gasteiger partial charge in [0.2, 0.25) is 11.6 Å². The number of anilines is 4. The Kier molecular flexibility index (Phi) is 4.53. The molecule has 2 N–H and O–H groups in total. The van der Waals surface area contributed by atoms with Crippen LogP contribution in [0.5, 0.6) is 0 Å². The van der Waals surface area contributed by atoms with Crippen molar-refractivity contribution in [1.29, 1.82) is 0 Å². The predicted molar refractivity (Wildman–Crippen MR) is 109 cm³/mol. The van der Waals surface area contributed by atoms with E-state index in [2.05, 4.69) is 30.6 Å². The molecule has 0 atom stereocenters. The Balaban J connectivity index is 1.72. The monoisotopic (exact) mass is 393 g/mol. The number of hydrogen-bond donors (Lipinski definition) is 2. The van der Waals surface area contributed by atoms with E-state index in [1.807, 2.05) is 38.1 Å². The zero-order chi connectivity index (χ0) is 19.7. The summed E-state index contributed by atoms with van der Waals surface area (Å²) in [4.78, 5) is 28.0. The molecule has 4 rings (SSSR count). The Morgan fingerprint density at radius 1 is 1.07 bits per heavy atom. The van der Waals surface area contributed by atoms with E-state index >= 15 is 0 Å². The zero-order valence-electron chi connectivity index (χ0n) is 15.0. The Morgan fingerprint density at radius 2 is 1.86 bits per heavy atom. The number of pyridine rings is 1. The molecule has 0 radical (unpaired) electrons. The molecule has 0 aliphatic heterocycles. The van der Waals surface area contributed by atoms with Gasteiger partial charge in [0.1, 0.15) is 12.1 Å². The first-order valence-corrected chi connectivity index (χ1v) is 9.15. The fourth-order valence-electron chi connectivity index (χ4n) is 2.70. The highest BCUT2D eigenvalue weighted by Gasteiger charge is 2.24. The fourth-order valence-corrected chi connectivity index (χ4v) is 3.64. The summed E-state index contributed by atoms with van der Waals surface area (Å²) in [5.74, 6) is 0.577. The summed E-state index contributed by atoms with van der Waals surface area (Å²) >= 11 is 1.40. The van der Waals surface area contributed by atoms with E-state index in [4.69, 9.17) is 0 Å². The van der Waals surface area contributed by atoms with Gasteiger partial charge in [-0.15, -0.1) is 0 Å². The standard InChI is InChI=1S/C18H15N7O2S/c1-10-6-7-19-13(8-10)22-16-15(25(26)27)17(21-9-20-16)24-18-23-14-11(2)4-3-5-12(14)28-18/h3-9H,1-2H3,(H2,19,20,21,22,23,24). The molecule has 28 heavy (non-hydrogen) atoms. The summed E-state index contributed by atoms with van der Waals surface area (Å²) in [6.45, 7) is 3.87. The van der Waals surface area contributed by atoms with Crippen molar-refractivity contribution in [2.24, 2.45) is 0 Å². The number of thiazole rings is 1. The van der Waals surface area contributed by atoms with Gasteiger partial charge in [-0.05, 0) is 43.2 Å². The van der Waals surface area contributed by atoms with Gasteiger partial charge < -0.3 is 10.6 Å². The maximum absolute atomic E-state index is 11.7. The average Bonchev–Trinajstić information content (AvgIpc) is 3.05. The SMILES string of the molecule is Cc1ccnc(Nc2ncnc(Nc3nc4c(C)cccc4s3)c2[N+](=O)[O-])c1. The van der Waals surface area contributed by atoms with Crippen LogP contribution in [0.2, 0.25) is 0 Å². The highest BCUT2D eigenvalue weighted by atomic mass is 32.1. The molecule has 0 saturated carbocycles. The van der Waals surface area contributed by atoms with Gasteiger partial charge in [0.15, 0.2) is 5.13 Å². The summed E-state index contributed by atoms with van der Waals surface area (Å²) in [6, 6.07) is 9.48. The summed E-state index contributed by atoms with van der Waals surface area (Å²) in [5.41, 5.74) is 2.58. The second-order valence-corrected chi connectivity index (χ2v) is 7.12. The lowest BCUT2D eigenvalue weighted by atomic mass is 10.2. The summed E-state index contributed by atoms with van der Waals surface area (Å²) in [6.07, 6.45) is 2.87. The smallest absolute Gasteiger partial charge is 0.319 e. The van der Waals surface area contributed by atoms with Gasteiger partial charge in [0, 0.05) is 6.20 Å². The first kappa shape index (κ1) is 17.7. The van der Waals surface area contributed by atoms with E-state index in [-0.39, 0.29) is 17.3 Å². The number of nitrogens with zero attached hydrogens (tertiary/aromatic N) is 5. The molecule has 10 heteroatoms. The third kappa shape index (κ3) is 3.45. The van der Waals surface area contributed by atoms with Crippen molar-refractivity contribution in [2.45, 2.75) is 13.8 Å². The van der Waals surface area contributed by atoms with E-state index in [0.29, 0.717) is 10.9 Å². The van der Waals surface area contributed by atoms with Crippen LogP contribution < -0.4 is 10.6 Å². The molecule has 0 unspecified atom stereocenters. The average molecular weight is 393 g/mol. The molecule has 140 valence electrons. The fraction of sp³-hybridized carbons (Fsp3) is 0.111. The van der Waals surface area contributed by atoms with Crippen LogP contribution in [0.15, 0.2) is 42.9 Å². The molecular formula is C18H15N7O2S. The molecule has 9 nitrogen and oxygen atoms in total. The number of rotatable bonds is 5. The van der Waals surface area contributed by atoms with E-state index < -0.39 is 4.92 Å². The quantitative estimate of drug-likeness (QED) is 0.376. The lowest BCUT2D eigenvalue weighted by molar-refractivity contribution is -0.383. The molecule has 0 fully saturated rings. The van der Waals surface area contributed by atoms with Crippen LogP contribution in [0.4, 0.5) is 28.3 Å². The molecule has 0 aliphatic carbocycles. The summed E-state index contributed by atoms with van der Waals surface area (Å²) < 4.78 is 0.988. The highest BCUT2D eigenvalue weighted by Crippen LogP contribution is 2.35. The number of nitrogens with one attached hydrogen (secondary N) is 2. The van der Waals surface area contributed by atoms with Gasteiger partial charge in [0.05, 0.1) is 15.1 Å². The van der Waals surface area contributed by atoms with Gasteiger partial charge in [-0.1, -0.05) is 23.5 Å². The van der Waals surface area contributed by atoms with Crippen molar-refractivity contribution >= 4 is 49.8 Å². The van der Waals surface area contributed by atoms with Gasteiger partial charge in [-0.25, -0.2) is 19.9 Å². The largest absolute Gasteiger partial charge is 0.354 e. The number of hydrogen-bond acceptors (Lipinski definition) is 9. The van der Waals surface area contributed by atoms with Crippen molar-refractivity contribution in [3.05, 3.63) is 64.1 Å². The molecule has 3 aromatic heterocycles. The van der Waals surface area contributed by atoms with E-state index in [1.165, 1.54) is 17.7 Å². The normalized spacial score (nSPS) is 10.8. The Hall–Kier alpha value is -3.66. The van der Waals surface area contributed by atoms with Crippen LogP contribution in [0.3, 0.4) is 0 Å². The Bertz CT molecular complexity index is 1190. The zero-order valence-corrected chi connectivity index (χ0v) is 15.8. The number of para-hydroxylation sites is 1. The molecule has 3 heterocycles. The van der Waals surface area contributed by atoms with E-state index in [0.717, 1.165) is 21.3 Å². The van der Waals surface area contributed by atoms with Crippen LogP contribution in [0.25, 0.3) is 10.2 Å². The minimum Gasteiger partial charge on any atom is -0.319 e. The van der Waals surface area contributed by atoms with Crippen LogP contribution in [-0.2, 0) is 0 Å². The summed E-state index contributed by atoms with van der Waals surface area (Å²) in [5, 5.41) is 18.1. The molecule has 4 aromatic rings. The topological polar surface area (TPSA) is 119 Å². The van der Waals surface area contributed by atoms with Crippen molar-refractivity contribution < 1.29 is 4.92 Å². The van der Waals surface area contributed by atoms with Gasteiger partial charge in [-0.2, -0.15) is 0 Å². The predicted octanol–water partition coefficient (Wildman–Crippen LogP) is 4.49. The number of nitro groups is 1. The van der Waals surface area contributed by atoms with Gasteiger partial charge >= 0.3 is 5.69 Å². The van der Waals surface area contributed by atoms with E-state index in [9.17, 15) is 10.1 Å². The van der Waals surface area contributed by atoms with Crippen LogP contribution >= 0.6 is 11.3 Å². The highest BCUT2D eigenvalue weighted by molar-refractivity contribution is 7.22. The molecule has 1 aromatic carbocycles. The van der Waals surface area contributed by atoms with Crippen molar-refractivity contribution in [3.8, 4) is 0 Å². The van der Waals surface area contributed by atoms with E-state index in [1.54, 1.807) is 12.3 Å². The first-order valence-electron chi connectivity index (χ1n) is 8.33. The maximum atomic E-state index is 11.7. The molecule has 0 amide bonds. The minimum absolute atomic E-state index is 0.0536. The number of fused-ring (bicyclic) bond motifs is 1. The van der Waals surface area contributed by atoms with Crippen LogP contribution in [-0.4, -0.2) is 24.9 Å². The van der Waals surface area contributed by atoms with Gasteiger partial charge in [0.25, 0.3) is 0 Å². The van der Waals surface area contributed by atoms with Crippen LogP contribution in [0, 0.1) is 24.0 Å². The second-order valence-electron chi connectivity index (χ2n) is 6.09. The number of aryl methyl sites for hydroxylation is 2. The van der Waals surface area contributed by atoms with Crippen molar-refractivity contribution in [3.63, 3.8) is 0 Å². The lowest BCUT2D eigenvalue weighted by Gasteiger charge is -2.08. The molecule has 0 saturated heterocycles. The Morgan fingerprint density at radius 3 is 2.57 bits per heavy atom. The number of benzene rings is 1. The summed E-state index contributed by atoms with van der Waals surface area (Å²) in [7, 11) is 0. The molecule has 0 bridgehead atoms. The molecule has 0 spiro atoms. The van der Waals surface area contributed by atoms with Crippen molar-refractivity contribution in [1.82, 2.24) is 19.9 Å². The maximum Gasteiger partial charge on any atom is 0.354 e. The number of aromatic nitrogens is 4. The van der Waals surface area contributed by atoms with Crippen molar-refractivity contribution in [2.75, 3.05) is 10.6 Å².